The van der Waals surface area contributed by atoms with E-state index in [0.29, 0.717) is 29.0 Å². The summed E-state index contributed by atoms with van der Waals surface area (Å²) < 4.78 is 46.0. The van der Waals surface area contributed by atoms with Gasteiger partial charge in [-0.1, -0.05) is 18.6 Å². The summed E-state index contributed by atoms with van der Waals surface area (Å²) in [7, 11) is 0. The summed E-state index contributed by atoms with van der Waals surface area (Å²) in [5.41, 5.74) is 1.68. The molecule has 2 aromatic heterocycles. The van der Waals surface area contributed by atoms with E-state index in [1.165, 1.54) is 17.1 Å². The minimum atomic E-state index is -2.54. The number of anilines is 2. The SMILES string of the molecule is Cc1ncnn1-c1ccc(Nc2n[nH]c(C(CCCCCl)c3ccc(OCC(F)F)cc3)n2)cc1F. The van der Waals surface area contributed by atoms with Gasteiger partial charge in [-0.15, -0.1) is 16.7 Å². The van der Waals surface area contributed by atoms with Gasteiger partial charge in [0.2, 0.25) is 5.95 Å². The number of ether oxygens (including phenoxy) is 1. The molecule has 0 saturated heterocycles. The maximum absolute atomic E-state index is 14.7. The maximum Gasteiger partial charge on any atom is 0.272 e. The van der Waals surface area contributed by atoms with Gasteiger partial charge in [0.1, 0.15) is 36.0 Å². The quantitative estimate of drug-likeness (QED) is 0.182. The van der Waals surface area contributed by atoms with E-state index in [1.54, 1.807) is 31.2 Å². The molecular weight excluding hydrogens is 495 g/mol. The fraction of sp³-hybridized carbons (Fsp3) is 0.333. The van der Waals surface area contributed by atoms with Gasteiger partial charge in [-0.25, -0.2) is 22.8 Å². The number of H-pyrrole nitrogens is 1. The second-order valence-corrected chi connectivity index (χ2v) is 8.44. The van der Waals surface area contributed by atoms with Crippen LogP contribution in [0, 0.1) is 12.7 Å². The van der Waals surface area contributed by atoms with Crippen molar-refractivity contribution < 1.29 is 17.9 Å². The molecular formula is C24H25ClF3N7O. The number of halogens is 4. The van der Waals surface area contributed by atoms with Gasteiger partial charge in [0, 0.05) is 17.5 Å². The van der Waals surface area contributed by atoms with Crippen molar-refractivity contribution in [2.24, 2.45) is 0 Å². The Morgan fingerprint density at radius 1 is 1.14 bits per heavy atom. The smallest absolute Gasteiger partial charge is 0.272 e. The number of nitrogens with one attached hydrogen (secondary N) is 2. The number of nitrogens with zero attached hydrogens (tertiary/aromatic N) is 5. The number of aromatic nitrogens is 6. The molecule has 1 atom stereocenters. The first-order valence-electron chi connectivity index (χ1n) is 11.4. The van der Waals surface area contributed by atoms with E-state index in [0.717, 1.165) is 24.8 Å². The largest absolute Gasteiger partial charge is 0.488 e. The molecule has 0 saturated carbocycles. The molecule has 2 N–H and O–H groups in total. The average Bonchev–Trinajstić information content (AvgIpc) is 3.50. The van der Waals surface area contributed by atoms with Crippen LogP contribution in [0.5, 0.6) is 5.75 Å². The van der Waals surface area contributed by atoms with Crippen LogP contribution < -0.4 is 10.1 Å². The Labute approximate surface area is 210 Å². The Morgan fingerprint density at radius 2 is 1.94 bits per heavy atom. The summed E-state index contributed by atoms with van der Waals surface area (Å²) in [6.45, 7) is 1.08. The highest BCUT2D eigenvalue weighted by Gasteiger charge is 2.19. The van der Waals surface area contributed by atoms with E-state index in [2.05, 4.69) is 30.6 Å². The maximum atomic E-state index is 14.7. The van der Waals surface area contributed by atoms with E-state index in [4.69, 9.17) is 16.3 Å². The van der Waals surface area contributed by atoms with Crippen molar-refractivity contribution in [1.82, 2.24) is 29.9 Å². The lowest BCUT2D eigenvalue weighted by Gasteiger charge is -2.15. The highest BCUT2D eigenvalue weighted by atomic mass is 35.5. The molecule has 36 heavy (non-hydrogen) atoms. The summed E-state index contributed by atoms with van der Waals surface area (Å²) in [6.07, 6.45) is 1.27. The molecule has 0 amide bonds. The van der Waals surface area contributed by atoms with Crippen molar-refractivity contribution in [2.75, 3.05) is 17.8 Å². The first-order chi connectivity index (χ1) is 17.4. The van der Waals surface area contributed by atoms with Crippen LogP contribution in [-0.4, -0.2) is 48.9 Å². The molecule has 4 rings (SSSR count). The number of alkyl halides is 3. The Bertz CT molecular complexity index is 1260. The molecule has 0 aliphatic carbocycles. The van der Waals surface area contributed by atoms with Crippen molar-refractivity contribution >= 4 is 23.2 Å². The molecule has 4 aromatic rings. The second kappa shape index (κ2) is 11.9. The molecule has 0 aliphatic rings. The van der Waals surface area contributed by atoms with Crippen LogP contribution in [0.4, 0.5) is 24.8 Å². The minimum absolute atomic E-state index is 0.130. The topological polar surface area (TPSA) is 93.5 Å². The van der Waals surface area contributed by atoms with Crippen LogP contribution in [0.15, 0.2) is 48.8 Å². The summed E-state index contributed by atoms with van der Waals surface area (Å²) in [5.74, 6) is 1.78. The predicted molar refractivity (Wildman–Crippen MR) is 130 cm³/mol. The fourth-order valence-electron chi connectivity index (χ4n) is 3.77. The standard InChI is InChI=1S/C24H25ClF3N7O/c1-15-29-14-30-35(15)21-10-7-17(12-20(21)26)31-24-32-23(33-34-24)19(4-2-3-11-25)16-5-8-18(9-6-16)36-13-22(27)28/h5-10,12,14,19,22H,2-4,11,13H2,1H3,(H2,31,32,33,34). The highest BCUT2D eigenvalue weighted by molar-refractivity contribution is 6.17. The van der Waals surface area contributed by atoms with Crippen LogP contribution in [0.2, 0.25) is 0 Å². The van der Waals surface area contributed by atoms with E-state index >= 15 is 0 Å². The number of hydrogen-bond donors (Lipinski definition) is 2. The van der Waals surface area contributed by atoms with Crippen LogP contribution in [0.1, 0.15) is 42.4 Å². The first-order valence-corrected chi connectivity index (χ1v) is 11.9. The van der Waals surface area contributed by atoms with Crippen LogP contribution in [-0.2, 0) is 0 Å². The molecule has 0 radical (unpaired) electrons. The zero-order valence-corrected chi connectivity index (χ0v) is 20.2. The van der Waals surface area contributed by atoms with Crippen molar-refractivity contribution in [3.63, 3.8) is 0 Å². The molecule has 0 aliphatic heterocycles. The zero-order chi connectivity index (χ0) is 25.5. The lowest BCUT2D eigenvalue weighted by atomic mass is 9.93. The molecule has 2 aromatic carbocycles. The van der Waals surface area contributed by atoms with Gasteiger partial charge in [-0.3, -0.25) is 5.10 Å². The van der Waals surface area contributed by atoms with Gasteiger partial charge < -0.3 is 10.1 Å². The third-order valence-corrected chi connectivity index (χ3v) is 5.79. The number of aromatic amines is 1. The molecule has 2 heterocycles. The molecule has 12 heteroatoms. The minimum Gasteiger partial charge on any atom is -0.488 e. The summed E-state index contributed by atoms with van der Waals surface area (Å²) in [6, 6.07) is 11.6. The van der Waals surface area contributed by atoms with E-state index < -0.39 is 18.8 Å². The predicted octanol–water partition coefficient (Wildman–Crippen LogP) is 5.76. The van der Waals surface area contributed by atoms with Gasteiger partial charge in [0.05, 0.1) is 0 Å². The van der Waals surface area contributed by atoms with Crippen LogP contribution in [0.25, 0.3) is 5.69 Å². The van der Waals surface area contributed by atoms with Crippen molar-refractivity contribution in [2.45, 2.75) is 38.5 Å². The van der Waals surface area contributed by atoms with Gasteiger partial charge in [0.25, 0.3) is 6.43 Å². The van der Waals surface area contributed by atoms with Crippen molar-refractivity contribution in [1.29, 1.82) is 0 Å². The highest BCUT2D eigenvalue weighted by Crippen LogP contribution is 2.30. The van der Waals surface area contributed by atoms with Gasteiger partial charge in [-0.05, 0) is 55.7 Å². The Balaban J connectivity index is 1.50. The first kappa shape index (κ1) is 25.5. The molecule has 1 unspecified atom stereocenters. The lowest BCUT2D eigenvalue weighted by Crippen LogP contribution is -2.07. The molecule has 0 bridgehead atoms. The van der Waals surface area contributed by atoms with Crippen molar-refractivity contribution in [3.05, 3.63) is 71.8 Å². The van der Waals surface area contributed by atoms with E-state index in [1.807, 2.05) is 12.1 Å². The monoisotopic (exact) mass is 519 g/mol. The summed E-state index contributed by atoms with van der Waals surface area (Å²) in [5, 5.41) is 14.2. The number of hydrogen-bond acceptors (Lipinski definition) is 6. The van der Waals surface area contributed by atoms with E-state index in [-0.39, 0.29) is 17.6 Å². The van der Waals surface area contributed by atoms with E-state index in [9.17, 15) is 13.2 Å². The summed E-state index contributed by atoms with van der Waals surface area (Å²) >= 11 is 5.85. The van der Waals surface area contributed by atoms with Crippen LogP contribution >= 0.6 is 11.6 Å². The molecule has 0 spiro atoms. The third kappa shape index (κ3) is 6.34. The zero-order valence-electron chi connectivity index (χ0n) is 19.5. The van der Waals surface area contributed by atoms with Gasteiger partial charge in [-0.2, -0.15) is 10.1 Å². The Hall–Kier alpha value is -3.60. The molecule has 8 nitrogen and oxygen atoms in total. The Morgan fingerprint density at radius 3 is 2.61 bits per heavy atom. The normalized spacial score (nSPS) is 12.2. The third-order valence-electron chi connectivity index (χ3n) is 5.52. The number of rotatable bonds is 12. The lowest BCUT2D eigenvalue weighted by molar-refractivity contribution is 0.0819. The average molecular weight is 520 g/mol. The van der Waals surface area contributed by atoms with Crippen LogP contribution in [0.3, 0.4) is 0 Å². The van der Waals surface area contributed by atoms with Gasteiger partial charge in [0.15, 0.2) is 5.82 Å². The summed E-state index contributed by atoms with van der Waals surface area (Å²) in [4.78, 5) is 8.58. The number of benzene rings is 2. The Kier molecular flexibility index (Phi) is 8.42. The van der Waals surface area contributed by atoms with Crippen molar-refractivity contribution in [3.8, 4) is 11.4 Å². The molecule has 0 fully saturated rings. The fourth-order valence-corrected chi connectivity index (χ4v) is 3.96. The molecule has 190 valence electrons. The van der Waals surface area contributed by atoms with Gasteiger partial charge >= 0.3 is 0 Å². The number of unbranched alkanes of at least 4 members (excludes halogenated alkanes) is 1. The number of aryl methyl sites for hydroxylation is 1. The second-order valence-electron chi connectivity index (χ2n) is 8.06.